The van der Waals surface area contributed by atoms with E-state index < -0.39 is 0 Å². The number of hydrogen-bond donors (Lipinski definition) is 0. The SMILES string of the molecule is CCC(CCl)C(=O)c1ccc(OC)c2c1CCCC2. The molecule has 0 saturated carbocycles. The van der Waals surface area contributed by atoms with Gasteiger partial charge in [-0.05, 0) is 55.4 Å². The van der Waals surface area contributed by atoms with E-state index in [0.717, 1.165) is 37.0 Å². The Hall–Kier alpha value is -1.02. The molecular weight excluding hydrogens is 260 g/mol. The quantitative estimate of drug-likeness (QED) is 0.601. The van der Waals surface area contributed by atoms with Crippen molar-refractivity contribution in [2.75, 3.05) is 13.0 Å². The number of Topliss-reactive ketones (excluding diaryl/α,β-unsaturated/α-hetero) is 1. The molecule has 0 saturated heterocycles. The van der Waals surface area contributed by atoms with Crippen molar-refractivity contribution in [1.29, 1.82) is 0 Å². The fourth-order valence-electron chi connectivity index (χ4n) is 2.84. The summed E-state index contributed by atoms with van der Waals surface area (Å²) in [7, 11) is 1.69. The minimum absolute atomic E-state index is 0.0684. The molecule has 2 rings (SSSR count). The Bertz CT molecular complexity index is 464. The molecule has 1 aromatic carbocycles. The van der Waals surface area contributed by atoms with Gasteiger partial charge in [-0.25, -0.2) is 0 Å². The molecule has 1 atom stereocenters. The first-order valence-electron chi connectivity index (χ1n) is 7.01. The van der Waals surface area contributed by atoms with Crippen LogP contribution in [0.15, 0.2) is 12.1 Å². The van der Waals surface area contributed by atoms with Crippen LogP contribution < -0.4 is 4.74 Å². The summed E-state index contributed by atoms with van der Waals surface area (Å²) >= 11 is 5.91. The standard InChI is InChI=1S/C16H21ClO2/c1-3-11(10-17)16(18)14-8-9-15(19-2)13-7-5-4-6-12(13)14/h8-9,11H,3-7,10H2,1-2H3. The van der Waals surface area contributed by atoms with E-state index in [1.807, 2.05) is 19.1 Å². The number of fused-ring (bicyclic) bond motifs is 1. The summed E-state index contributed by atoms with van der Waals surface area (Å²) in [5.41, 5.74) is 3.28. The Balaban J connectivity index is 2.44. The van der Waals surface area contributed by atoms with Gasteiger partial charge in [0.1, 0.15) is 5.75 Å². The first kappa shape index (κ1) is 14.4. The van der Waals surface area contributed by atoms with Gasteiger partial charge in [-0.3, -0.25) is 4.79 Å². The molecular formula is C16H21ClO2. The second-order valence-electron chi connectivity index (χ2n) is 5.10. The minimum atomic E-state index is -0.0684. The highest BCUT2D eigenvalue weighted by Crippen LogP contribution is 2.33. The number of alkyl halides is 1. The highest BCUT2D eigenvalue weighted by Gasteiger charge is 2.24. The maximum absolute atomic E-state index is 12.6. The Labute approximate surface area is 120 Å². The van der Waals surface area contributed by atoms with Crippen molar-refractivity contribution in [2.45, 2.75) is 39.0 Å². The third-order valence-electron chi connectivity index (χ3n) is 4.03. The zero-order valence-electron chi connectivity index (χ0n) is 11.7. The van der Waals surface area contributed by atoms with Crippen molar-refractivity contribution in [3.63, 3.8) is 0 Å². The molecule has 0 N–H and O–H groups in total. The first-order valence-corrected chi connectivity index (χ1v) is 7.55. The zero-order valence-corrected chi connectivity index (χ0v) is 12.4. The van der Waals surface area contributed by atoms with Gasteiger partial charge in [-0.1, -0.05) is 6.92 Å². The van der Waals surface area contributed by atoms with Gasteiger partial charge in [0, 0.05) is 17.4 Å². The Morgan fingerprint density at radius 2 is 2.00 bits per heavy atom. The van der Waals surface area contributed by atoms with Gasteiger partial charge in [0.25, 0.3) is 0 Å². The Kier molecular flexibility index (Phi) is 4.87. The van der Waals surface area contributed by atoms with Crippen molar-refractivity contribution < 1.29 is 9.53 Å². The lowest BCUT2D eigenvalue weighted by Gasteiger charge is -2.22. The lowest BCUT2D eigenvalue weighted by molar-refractivity contribution is 0.0928. The maximum Gasteiger partial charge on any atom is 0.167 e. The van der Waals surface area contributed by atoms with Crippen LogP contribution in [0.25, 0.3) is 0 Å². The van der Waals surface area contributed by atoms with Gasteiger partial charge in [-0.15, -0.1) is 11.6 Å². The van der Waals surface area contributed by atoms with Crippen LogP contribution in [0.4, 0.5) is 0 Å². The lowest BCUT2D eigenvalue weighted by Crippen LogP contribution is -2.19. The number of ether oxygens (including phenoxy) is 1. The Morgan fingerprint density at radius 3 is 2.58 bits per heavy atom. The maximum atomic E-state index is 12.6. The van der Waals surface area contributed by atoms with Crippen molar-refractivity contribution in [2.24, 2.45) is 5.92 Å². The van der Waals surface area contributed by atoms with E-state index in [2.05, 4.69) is 0 Å². The fourth-order valence-corrected chi connectivity index (χ4v) is 3.20. The van der Waals surface area contributed by atoms with Gasteiger partial charge in [0.15, 0.2) is 5.78 Å². The fraction of sp³-hybridized carbons (Fsp3) is 0.562. The predicted molar refractivity (Wildman–Crippen MR) is 78.5 cm³/mol. The molecule has 0 heterocycles. The second-order valence-corrected chi connectivity index (χ2v) is 5.41. The van der Waals surface area contributed by atoms with Crippen LogP contribution in [0.5, 0.6) is 5.75 Å². The molecule has 19 heavy (non-hydrogen) atoms. The average Bonchev–Trinajstić information content (AvgIpc) is 2.47. The smallest absolute Gasteiger partial charge is 0.167 e. The highest BCUT2D eigenvalue weighted by molar-refractivity contribution is 6.20. The summed E-state index contributed by atoms with van der Waals surface area (Å²) in [4.78, 5) is 12.6. The Morgan fingerprint density at radius 1 is 1.32 bits per heavy atom. The van der Waals surface area contributed by atoms with Crippen molar-refractivity contribution in [3.05, 3.63) is 28.8 Å². The summed E-state index contributed by atoms with van der Waals surface area (Å²) in [6.07, 6.45) is 5.11. The highest BCUT2D eigenvalue weighted by atomic mass is 35.5. The molecule has 0 bridgehead atoms. The molecule has 1 aliphatic carbocycles. The largest absolute Gasteiger partial charge is 0.496 e. The van der Waals surface area contributed by atoms with Crippen LogP contribution in [0.2, 0.25) is 0 Å². The van der Waals surface area contributed by atoms with E-state index >= 15 is 0 Å². The van der Waals surface area contributed by atoms with Gasteiger partial charge < -0.3 is 4.74 Å². The van der Waals surface area contributed by atoms with Crippen LogP contribution in [-0.4, -0.2) is 18.8 Å². The van der Waals surface area contributed by atoms with Gasteiger partial charge in [-0.2, -0.15) is 0 Å². The molecule has 104 valence electrons. The number of methoxy groups -OCH3 is 1. The molecule has 0 aromatic heterocycles. The lowest BCUT2D eigenvalue weighted by atomic mass is 9.84. The van der Waals surface area contributed by atoms with Crippen LogP contribution in [0.3, 0.4) is 0 Å². The molecule has 0 spiro atoms. The number of hydrogen-bond acceptors (Lipinski definition) is 2. The molecule has 0 fully saturated rings. The van der Waals surface area contributed by atoms with Crippen LogP contribution in [-0.2, 0) is 12.8 Å². The normalized spacial score (nSPS) is 15.7. The van der Waals surface area contributed by atoms with Gasteiger partial charge in [0.05, 0.1) is 7.11 Å². The van der Waals surface area contributed by atoms with Crippen LogP contribution >= 0.6 is 11.6 Å². The summed E-state index contributed by atoms with van der Waals surface area (Å²) in [5.74, 6) is 1.44. The minimum Gasteiger partial charge on any atom is -0.496 e. The van der Waals surface area contributed by atoms with E-state index in [-0.39, 0.29) is 11.7 Å². The van der Waals surface area contributed by atoms with Crippen molar-refractivity contribution in [3.8, 4) is 5.75 Å². The summed E-state index contributed by atoms with van der Waals surface area (Å²) in [5, 5.41) is 0. The third kappa shape index (κ3) is 2.79. The van der Waals surface area contributed by atoms with Crippen LogP contribution in [0, 0.1) is 5.92 Å². The molecule has 1 aliphatic rings. The number of ketones is 1. The first-order chi connectivity index (χ1) is 9.22. The van der Waals surface area contributed by atoms with E-state index in [4.69, 9.17) is 16.3 Å². The van der Waals surface area contributed by atoms with Crippen molar-refractivity contribution in [1.82, 2.24) is 0 Å². The predicted octanol–water partition coefficient (Wildman–Crippen LogP) is 4.02. The average molecular weight is 281 g/mol. The van der Waals surface area contributed by atoms with Gasteiger partial charge >= 0.3 is 0 Å². The van der Waals surface area contributed by atoms with Gasteiger partial charge in [0.2, 0.25) is 0 Å². The number of benzene rings is 1. The molecule has 0 radical (unpaired) electrons. The summed E-state index contributed by atoms with van der Waals surface area (Å²) < 4.78 is 5.42. The van der Waals surface area contributed by atoms with Crippen molar-refractivity contribution >= 4 is 17.4 Å². The van der Waals surface area contributed by atoms with E-state index in [1.165, 1.54) is 17.5 Å². The molecule has 3 heteroatoms. The summed E-state index contributed by atoms with van der Waals surface area (Å²) in [6, 6.07) is 3.85. The molecule has 1 aromatic rings. The summed E-state index contributed by atoms with van der Waals surface area (Å²) in [6.45, 7) is 2.01. The second kappa shape index (κ2) is 6.42. The number of carbonyl (C=O) groups excluding carboxylic acids is 1. The monoisotopic (exact) mass is 280 g/mol. The van der Waals surface area contributed by atoms with E-state index in [9.17, 15) is 4.79 Å². The molecule has 0 aliphatic heterocycles. The zero-order chi connectivity index (χ0) is 13.8. The molecule has 2 nitrogen and oxygen atoms in total. The topological polar surface area (TPSA) is 26.3 Å². The van der Waals surface area contributed by atoms with E-state index in [1.54, 1.807) is 7.11 Å². The number of halogens is 1. The molecule has 0 amide bonds. The molecule has 1 unspecified atom stereocenters. The van der Waals surface area contributed by atoms with Crippen LogP contribution in [0.1, 0.15) is 47.7 Å². The third-order valence-corrected chi connectivity index (χ3v) is 4.40. The number of carbonyl (C=O) groups is 1. The van der Waals surface area contributed by atoms with E-state index in [0.29, 0.717) is 5.88 Å². The number of rotatable bonds is 5.